The minimum absolute atomic E-state index is 0.00240. The molecular formula is C11H20N2O3. The zero-order chi connectivity index (χ0) is 12.2. The summed E-state index contributed by atoms with van der Waals surface area (Å²) < 4.78 is 0. The lowest BCUT2D eigenvalue weighted by Crippen LogP contribution is -2.58. The molecule has 0 bridgehead atoms. The molecule has 0 aromatic carbocycles. The molecule has 92 valence electrons. The van der Waals surface area contributed by atoms with Crippen molar-refractivity contribution in [3.63, 3.8) is 0 Å². The number of carboxylic acids is 1. The molecule has 5 heteroatoms. The fraction of sp³-hybridized carbons (Fsp3) is 0.818. The molecule has 16 heavy (non-hydrogen) atoms. The summed E-state index contributed by atoms with van der Waals surface area (Å²) in [6.45, 7) is 1.96. The molecule has 1 fully saturated rings. The first kappa shape index (κ1) is 13.0. The molecule has 1 saturated carbocycles. The van der Waals surface area contributed by atoms with E-state index in [1.54, 1.807) is 0 Å². The summed E-state index contributed by atoms with van der Waals surface area (Å²) in [7, 11) is 0. The predicted octanol–water partition coefficient (Wildman–Crippen LogP) is 0.627. The van der Waals surface area contributed by atoms with Crippen LogP contribution in [0.1, 0.15) is 45.4 Å². The highest BCUT2D eigenvalue weighted by Crippen LogP contribution is 2.34. The molecule has 0 saturated heterocycles. The molecule has 1 aliphatic rings. The highest BCUT2D eigenvalue weighted by Gasteiger charge is 2.40. The molecule has 1 amide bonds. The summed E-state index contributed by atoms with van der Waals surface area (Å²) in [6.07, 6.45) is 3.93. The van der Waals surface area contributed by atoms with Gasteiger partial charge in [0.2, 0.25) is 5.91 Å². The van der Waals surface area contributed by atoms with Crippen LogP contribution >= 0.6 is 0 Å². The summed E-state index contributed by atoms with van der Waals surface area (Å²) in [5, 5.41) is 11.6. The second-order valence-corrected chi connectivity index (χ2v) is 4.59. The van der Waals surface area contributed by atoms with Crippen LogP contribution in [0.2, 0.25) is 0 Å². The van der Waals surface area contributed by atoms with Crippen LogP contribution in [0.3, 0.4) is 0 Å². The summed E-state index contributed by atoms with van der Waals surface area (Å²) in [6, 6.07) is -0.517. The van der Waals surface area contributed by atoms with Crippen LogP contribution in [0.4, 0.5) is 0 Å². The van der Waals surface area contributed by atoms with Crippen molar-refractivity contribution in [1.82, 2.24) is 5.32 Å². The Balaban J connectivity index is 2.49. The van der Waals surface area contributed by atoms with Crippen molar-refractivity contribution in [2.24, 2.45) is 5.73 Å². The van der Waals surface area contributed by atoms with Crippen molar-refractivity contribution in [2.75, 3.05) is 0 Å². The normalized spacial score (nSPS) is 19.6. The van der Waals surface area contributed by atoms with Crippen molar-refractivity contribution < 1.29 is 14.7 Å². The van der Waals surface area contributed by atoms with Gasteiger partial charge in [-0.05, 0) is 25.7 Å². The van der Waals surface area contributed by atoms with E-state index in [1.807, 2.05) is 6.92 Å². The Morgan fingerprint density at radius 2 is 2.12 bits per heavy atom. The van der Waals surface area contributed by atoms with Crippen LogP contribution < -0.4 is 11.1 Å². The standard InChI is InChI=1S/C11H20N2O3/c1-2-4-8(12)10(16)13-11(5-3-6-11)7-9(14)15/h8H,2-7,12H2,1H3,(H,13,16)(H,14,15)/t8-/m0/s1. The number of carbonyl (C=O) groups excluding carboxylic acids is 1. The highest BCUT2D eigenvalue weighted by molar-refractivity contribution is 5.83. The van der Waals surface area contributed by atoms with Gasteiger partial charge in [0.05, 0.1) is 18.0 Å². The lowest BCUT2D eigenvalue weighted by molar-refractivity contribution is -0.140. The average Bonchev–Trinajstić information content (AvgIpc) is 2.13. The smallest absolute Gasteiger partial charge is 0.305 e. The first-order valence-corrected chi connectivity index (χ1v) is 5.78. The van der Waals surface area contributed by atoms with Gasteiger partial charge in [0.15, 0.2) is 0 Å². The monoisotopic (exact) mass is 228 g/mol. The maximum atomic E-state index is 11.7. The van der Waals surface area contributed by atoms with E-state index in [-0.39, 0.29) is 12.3 Å². The summed E-state index contributed by atoms with van der Waals surface area (Å²) in [4.78, 5) is 22.4. The number of carboxylic acid groups (broad SMARTS) is 1. The lowest BCUT2D eigenvalue weighted by Gasteiger charge is -2.42. The van der Waals surface area contributed by atoms with E-state index in [1.165, 1.54) is 0 Å². The van der Waals surface area contributed by atoms with Gasteiger partial charge in [-0.3, -0.25) is 9.59 Å². The molecule has 0 unspecified atom stereocenters. The fourth-order valence-corrected chi connectivity index (χ4v) is 2.04. The molecule has 5 nitrogen and oxygen atoms in total. The minimum atomic E-state index is -0.871. The first-order chi connectivity index (χ1) is 7.49. The van der Waals surface area contributed by atoms with Gasteiger partial charge < -0.3 is 16.2 Å². The van der Waals surface area contributed by atoms with E-state index in [2.05, 4.69) is 5.32 Å². The van der Waals surface area contributed by atoms with Gasteiger partial charge in [0.25, 0.3) is 0 Å². The molecule has 1 aliphatic carbocycles. The number of hydrogen-bond donors (Lipinski definition) is 3. The van der Waals surface area contributed by atoms with Gasteiger partial charge in [-0.2, -0.15) is 0 Å². The highest BCUT2D eigenvalue weighted by atomic mass is 16.4. The van der Waals surface area contributed by atoms with Gasteiger partial charge in [-0.1, -0.05) is 13.3 Å². The molecular weight excluding hydrogens is 208 g/mol. The van der Waals surface area contributed by atoms with Gasteiger partial charge >= 0.3 is 5.97 Å². The third-order valence-corrected chi connectivity index (χ3v) is 3.13. The van der Waals surface area contributed by atoms with Crippen molar-refractivity contribution in [2.45, 2.75) is 57.0 Å². The van der Waals surface area contributed by atoms with Crippen LogP contribution in [0.5, 0.6) is 0 Å². The Bertz CT molecular complexity index is 274. The van der Waals surface area contributed by atoms with Gasteiger partial charge in [-0.25, -0.2) is 0 Å². The quantitative estimate of drug-likeness (QED) is 0.621. The van der Waals surface area contributed by atoms with Gasteiger partial charge in [-0.15, -0.1) is 0 Å². The SMILES string of the molecule is CCC[C@H](N)C(=O)NC1(CC(=O)O)CCC1. The number of carbonyl (C=O) groups is 2. The lowest BCUT2D eigenvalue weighted by atomic mass is 9.74. The minimum Gasteiger partial charge on any atom is -0.481 e. The number of hydrogen-bond acceptors (Lipinski definition) is 3. The van der Waals surface area contributed by atoms with E-state index in [9.17, 15) is 9.59 Å². The molecule has 0 aromatic heterocycles. The molecule has 1 rings (SSSR count). The van der Waals surface area contributed by atoms with Crippen LogP contribution in [-0.2, 0) is 9.59 Å². The fourth-order valence-electron chi connectivity index (χ4n) is 2.04. The number of aliphatic carboxylic acids is 1. The number of nitrogens with two attached hydrogens (primary N) is 1. The predicted molar refractivity (Wildman–Crippen MR) is 59.9 cm³/mol. The maximum absolute atomic E-state index is 11.7. The largest absolute Gasteiger partial charge is 0.481 e. The van der Waals surface area contributed by atoms with E-state index in [0.29, 0.717) is 6.42 Å². The molecule has 1 atom stereocenters. The molecule has 0 heterocycles. The third-order valence-electron chi connectivity index (χ3n) is 3.13. The topological polar surface area (TPSA) is 92.4 Å². The third kappa shape index (κ3) is 3.20. The Labute approximate surface area is 95.4 Å². The molecule has 0 aromatic rings. The van der Waals surface area contributed by atoms with Crippen molar-refractivity contribution in [3.05, 3.63) is 0 Å². The zero-order valence-corrected chi connectivity index (χ0v) is 9.66. The van der Waals surface area contributed by atoms with Crippen molar-refractivity contribution in [3.8, 4) is 0 Å². The summed E-state index contributed by atoms with van der Waals surface area (Å²) in [5.41, 5.74) is 5.15. The van der Waals surface area contributed by atoms with Crippen LogP contribution in [0, 0.1) is 0 Å². The number of nitrogens with one attached hydrogen (secondary N) is 1. The van der Waals surface area contributed by atoms with Crippen LogP contribution in [0.15, 0.2) is 0 Å². The van der Waals surface area contributed by atoms with Gasteiger partial charge in [0.1, 0.15) is 0 Å². The summed E-state index contributed by atoms with van der Waals surface area (Å²) in [5.74, 6) is -1.09. The number of rotatable bonds is 6. The average molecular weight is 228 g/mol. The van der Waals surface area contributed by atoms with E-state index >= 15 is 0 Å². The van der Waals surface area contributed by atoms with E-state index in [0.717, 1.165) is 25.7 Å². The Kier molecular flexibility index (Phi) is 4.29. The Morgan fingerprint density at radius 1 is 1.50 bits per heavy atom. The van der Waals surface area contributed by atoms with E-state index in [4.69, 9.17) is 10.8 Å². The van der Waals surface area contributed by atoms with Crippen molar-refractivity contribution >= 4 is 11.9 Å². The maximum Gasteiger partial charge on any atom is 0.305 e. The Hall–Kier alpha value is -1.10. The number of amides is 1. The van der Waals surface area contributed by atoms with Crippen molar-refractivity contribution in [1.29, 1.82) is 0 Å². The molecule has 0 aliphatic heterocycles. The molecule has 4 N–H and O–H groups in total. The van der Waals surface area contributed by atoms with Crippen LogP contribution in [-0.4, -0.2) is 28.6 Å². The van der Waals surface area contributed by atoms with E-state index < -0.39 is 17.6 Å². The Morgan fingerprint density at radius 3 is 2.50 bits per heavy atom. The molecule has 0 radical (unpaired) electrons. The summed E-state index contributed by atoms with van der Waals surface area (Å²) >= 11 is 0. The first-order valence-electron chi connectivity index (χ1n) is 5.78. The second kappa shape index (κ2) is 5.30. The zero-order valence-electron chi connectivity index (χ0n) is 9.66. The van der Waals surface area contributed by atoms with Gasteiger partial charge in [0, 0.05) is 0 Å². The molecule has 0 spiro atoms. The second-order valence-electron chi connectivity index (χ2n) is 4.59. The van der Waals surface area contributed by atoms with Crippen LogP contribution in [0.25, 0.3) is 0 Å².